The molecule has 3 nitrogen and oxygen atoms in total. The van der Waals surface area contributed by atoms with Gasteiger partial charge >= 0.3 is 0 Å². The van der Waals surface area contributed by atoms with Crippen molar-refractivity contribution >= 4 is 22.9 Å². The van der Waals surface area contributed by atoms with E-state index in [1.165, 1.54) is 5.56 Å². The van der Waals surface area contributed by atoms with E-state index in [1.807, 2.05) is 29.6 Å². The molecule has 0 aliphatic carbocycles. The van der Waals surface area contributed by atoms with Crippen LogP contribution in [0.4, 0.5) is 5.69 Å². The van der Waals surface area contributed by atoms with Crippen molar-refractivity contribution in [2.45, 2.75) is 33.3 Å². The predicted octanol–water partition coefficient (Wildman–Crippen LogP) is 4.80. The summed E-state index contributed by atoms with van der Waals surface area (Å²) in [7, 11) is 0. The Balaban J connectivity index is 1.92. The number of carbonyl (C=O) groups is 1. The largest absolute Gasteiger partial charge is 0.369 e. The summed E-state index contributed by atoms with van der Waals surface area (Å²) in [6.07, 6.45) is 0.522. The number of hydrogen-bond acceptors (Lipinski definition) is 3. The zero-order valence-electron chi connectivity index (χ0n) is 13.3. The number of amides is 1. The van der Waals surface area contributed by atoms with Gasteiger partial charge in [0.05, 0.1) is 0 Å². The molecule has 1 atom stereocenters. The molecule has 118 valence electrons. The van der Waals surface area contributed by atoms with Crippen LogP contribution in [0.15, 0.2) is 41.1 Å². The zero-order chi connectivity index (χ0) is 15.9. The van der Waals surface area contributed by atoms with Crippen LogP contribution < -0.4 is 5.32 Å². The molecule has 22 heavy (non-hydrogen) atoms. The first-order valence-electron chi connectivity index (χ1n) is 7.61. The minimum Gasteiger partial charge on any atom is -0.369 e. The fourth-order valence-electron chi connectivity index (χ4n) is 2.01. The van der Waals surface area contributed by atoms with Gasteiger partial charge in [-0.1, -0.05) is 26.0 Å². The fraction of sp³-hybridized carbons (Fsp3) is 0.389. The molecule has 0 saturated carbocycles. The SMILES string of the molecule is CC(C)CCOC(C)C(=O)Nc1cccc(-c2ccsc2)c1. The molecule has 1 amide bonds. The van der Waals surface area contributed by atoms with Gasteiger partial charge in [-0.2, -0.15) is 11.3 Å². The molecule has 0 radical (unpaired) electrons. The average molecular weight is 317 g/mol. The smallest absolute Gasteiger partial charge is 0.253 e. The van der Waals surface area contributed by atoms with E-state index in [1.54, 1.807) is 18.3 Å². The topological polar surface area (TPSA) is 38.3 Å². The second-order valence-corrected chi connectivity index (χ2v) is 6.56. The number of nitrogens with one attached hydrogen (secondary N) is 1. The Labute approximate surface area is 136 Å². The van der Waals surface area contributed by atoms with Crippen molar-refractivity contribution in [1.82, 2.24) is 0 Å². The molecule has 0 aliphatic heterocycles. The quantitative estimate of drug-likeness (QED) is 0.796. The maximum Gasteiger partial charge on any atom is 0.253 e. The third kappa shape index (κ3) is 4.97. The third-order valence-electron chi connectivity index (χ3n) is 3.42. The summed E-state index contributed by atoms with van der Waals surface area (Å²) in [6.45, 7) is 6.69. The van der Waals surface area contributed by atoms with E-state index < -0.39 is 6.10 Å². The normalized spacial score (nSPS) is 12.4. The minimum atomic E-state index is -0.441. The molecule has 0 saturated heterocycles. The summed E-state index contributed by atoms with van der Waals surface area (Å²) in [4.78, 5) is 12.2. The standard InChI is InChI=1S/C18H23NO2S/c1-13(2)7-9-21-14(3)18(20)19-17-6-4-5-15(11-17)16-8-10-22-12-16/h4-6,8,10-14H,7,9H2,1-3H3,(H,19,20). The van der Waals surface area contributed by atoms with Crippen LogP contribution in [0, 0.1) is 5.92 Å². The molecular weight excluding hydrogens is 294 g/mol. The van der Waals surface area contributed by atoms with Crippen LogP contribution in [-0.4, -0.2) is 18.6 Å². The van der Waals surface area contributed by atoms with E-state index in [0.29, 0.717) is 12.5 Å². The van der Waals surface area contributed by atoms with Gasteiger partial charge in [0.15, 0.2) is 0 Å². The fourth-order valence-corrected chi connectivity index (χ4v) is 2.67. The Morgan fingerprint density at radius 3 is 2.73 bits per heavy atom. The van der Waals surface area contributed by atoms with E-state index in [4.69, 9.17) is 4.74 Å². The van der Waals surface area contributed by atoms with Crippen molar-refractivity contribution in [3.63, 3.8) is 0 Å². The molecule has 1 aromatic carbocycles. The summed E-state index contributed by atoms with van der Waals surface area (Å²) in [6, 6.07) is 9.95. The van der Waals surface area contributed by atoms with Gasteiger partial charge in [0.2, 0.25) is 0 Å². The van der Waals surface area contributed by atoms with Crippen LogP contribution in [0.5, 0.6) is 0 Å². The van der Waals surface area contributed by atoms with E-state index >= 15 is 0 Å². The van der Waals surface area contributed by atoms with Crippen molar-refractivity contribution in [3.05, 3.63) is 41.1 Å². The Morgan fingerprint density at radius 2 is 2.05 bits per heavy atom. The molecule has 0 spiro atoms. The number of rotatable bonds is 7. The van der Waals surface area contributed by atoms with E-state index in [0.717, 1.165) is 17.7 Å². The van der Waals surface area contributed by atoms with Crippen LogP contribution in [0.1, 0.15) is 27.2 Å². The highest BCUT2D eigenvalue weighted by atomic mass is 32.1. The van der Waals surface area contributed by atoms with Gasteiger partial charge < -0.3 is 10.1 Å². The van der Waals surface area contributed by atoms with Gasteiger partial charge in [0.25, 0.3) is 5.91 Å². The molecule has 0 fully saturated rings. The van der Waals surface area contributed by atoms with Crippen molar-refractivity contribution < 1.29 is 9.53 Å². The number of thiophene rings is 1. The minimum absolute atomic E-state index is 0.105. The highest BCUT2D eigenvalue weighted by Gasteiger charge is 2.14. The third-order valence-corrected chi connectivity index (χ3v) is 4.10. The van der Waals surface area contributed by atoms with Crippen LogP contribution >= 0.6 is 11.3 Å². The molecule has 0 aliphatic rings. The van der Waals surface area contributed by atoms with E-state index in [-0.39, 0.29) is 5.91 Å². The van der Waals surface area contributed by atoms with Gasteiger partial charge in [0, 0.05) is 12.3 Å². The van der Waals surface area contributed by atoms with Gasteiger partial charge in [-0.25, -0.2) is 0 Å². The molecule has 2 aromatic rings. The summed E-state index contributed by atoms with van der Waals surface area (Å²) >= 11 is 1.66. The van der Waals surface area contributed by atoms with Crippen LogP contribution in [0.2, 0.25) is 0 Å². The lowest BCUT2D eigenvalue weighted by Crippen LogP contribution is -2.28. The molecule has 1 N–H and O–H groups in total. The summed E-state index contributed by atoms with van der Waals surface area (Å²) in [5.41, 5.74) is 3.07. The van der Waals surface area contributed by atoms with E-state index in [2.05, 4.69) is 30.6 Å². The van der Waals surface area contributed by atoms with Crippen LogP contribution in [-0.2, 0) is 9.53 Å². The highest BCUT2D eigenvalue weighted by Crippen LogP contribution is 2.24. The van der Waals surface area contributed by atoms with Crippen molar-refractivity contribution in [2.24, 2.45) is 5.92 Å². The molecule has 1 heterocycles. The number of carbonyl (C=O) groups excluding carboxylic acids is 1. The van der Waals surface area contributed by atoms with Gasteiger partial charge in [-0.3, -0.25) is 4.79 Å². The monoisotopic (exact) mass is 317 g/mol. The first-order chi connectivity index (χ1) is 10.6. The maximum absolute atomic E-state index is 12.2. The van der Waals surface area contributed by atoms with Crippen molar-refractivity contribution in [2.75, 3.05) is 11.9 Å². The van der Waals surface area contributed by atoms with Gasteiger partial charge in [-0.15, -0.1) is 0 Å². The lowest BCUT2D eigenvalue weighted by molar-refractivity contribution is -0.126. The zero-order valence-corrected chi connectivity index (χ0v) is 14.2. The first-order valence-corrected chi connectivity index (χ1v) is 8.55. The molecule has 2 rings (SSSR count). The molecule has 1 aromatic heterocycles. The lowest BCUT2D eigenvalue weighted by atomic mass is 10.1. The summed E-state index contributed by atoms with van der Waals surface area (Å²) in [5, 5.41) is 7.06. The second kappa shape index (κ2) is 8.11. The first kappa shape index (κ1) is 16.7. The van der Waals surface area contributed by atoms with E-state index in [9.17, 15) is 4.79 Å². The van der Waals surface area contributed by atoms with Crippen molar-refractivity contribution in [3.8, 4) is 11.1 Å². The number of hydrogen-bond donors (Lipinski definition) is 1. The lowest BCUT2D eigenvalue weighted by Gasteiger charge is -2.14. The Bertz CT molecular complexity index is 593. The maximum atomic E-state index is 12.2. The van der Waals surface area contributed by atoms with Crippen LogP contribution in [0.3, 0.4) is 0 Å². The Morgan fingerprint density at radius 1 is 1.23 bits per heavy atom. The molecule has 1 unspecified atom stereocenters. The second-order valence-electron chi connectivity index (χ2n) is 5.78. The predicted molar refractivity (Wildman–Crippen MR) is 93.3 cm³/mol. The van der Waals surface area contributed by atoms with Gasteiger partial charge in [-0.05, 0) is 59.3 Å². The number of ether oxygens (including phenoxy) is 1. The molecular formula is C18H23NO2S. The summed E-state index contributed by atoms with van der Waals surface area (Å²) < 4.78 is 5.58. The Kier molecular flexibility index (Phi) is 6.16. The number of benzene rings is 1. The number of anilines is 1. The highest BCUT2D eigenvalue weighted by molar-refractivity contribution is 7.08. The average Bonchev–Trinajstić information content (AvgIpc) is 3.01. The van der Waals surface area contributed by atoms with Crippen molar-refractivity contribution in [1.29, 1.82) is 0 Å². The van der Waals surface area contributed by atoms with Crippen LogP contribution in [0.25, 0.3) is 11.1 Å². The Hall–Kier alpha value is -1.65. The van der Waals surface area contributed by atoms with Gasteiger partial charge in [0.1, 0.15) is 6.10 Å². The summed E-state index contributed by atoms with van der Waals surface area (Å²) in [5.74, 6) is 0.476. The molecule has 4 heteroatoms. The molecule has 0 bridgehead atoms.